The van der Waals surface area contributed by atoms with E-state index in [0.29, 0.717) is 12.1 Å². The molecule has 2 aromatic carbocycles. The Bertz CT molecular complexity index is 871. The molecule has 6 nitrogen and oxygen atoms in total. The quantitative estimate of drug-likeness (QED) is 0.653. The van der Waals surface area contributed by atoms with Gasteiger partial charge in [0.05, 0.1) is 23.9 Å². The first-order valence-corrected chi connectivity index (χ1v) is 7.69. The number of primary amides is 1. The van der Waals surface area contributed by atoms with Crippen molar-refractivity contribution in [3.8, 4) is 0 Å². The SMILES string of the molecule is NC(=O)CCn1cnc2cc(NCC(=O)c3ccccc3)ccc21. The van der Waals surface area contributed by atoms with Gasteiger partial charge in [-0.05, 0) is 18.2 Å². The molecule has 24 heavy (non-hydrogen) atoms. The Hall–Kier alpha value is -3.15. The van der Waals surface area contributed by atoms with Crippen LogP contribution in [0.25, 0.3) is 11.0 Å². The Kier molecular flexibility index (Phi) is 4.56. The van der Waals surface area contributed by atoms with Crippen LogP contribution < -0.4 is 11.1 Å². The van der Waals surface area contributed by atoms with Crippen molar-refractivity contribution in [1.29, 1.82) is 0 Å². The van der Waals surface area contributed by atoms with Crippen molar-refractivity contribution in [3.63, 3.8) is 0 Å². The third-order valence-electron chi connectivity index (χ3n) is 3.77. The zero-order valence-corrected chi connectivity index (χ0v) is 13.1. The molecule has 1 heterocycles. The number of ketones is 1. The number of carbonyl (C=O) groups excluding carboxylic acids is 2. The third kappa shape index (κ3) is 3.60. The zero-order chi connectivity index (χ0) is 16.9. The summed E-state index contributed by atoms with van der Waals surface area (Å²) in [6.07, 6.45) is 1.96. The van der Waals surface area contributed by atoms with Gasteiger partial charge in [0.2, 0.25) is 5.91 Å². The minimum atomic E-state index is -0.338. The predicted molar refractivity (Wildman–Crippen MR) is 92.8 cm³/mol. The molecule has 0 aliphatic heterocycles. The van der Waals surface area contributed by atoms with Crippen molar-refractivity contribution in [2.24, 2.45) is 5.73 Å². The van der Waals surface area contributed by atoms with E-state index in [1.54, 1.807) is 18.5 Å². The number of aryl methyl sites for hydroxylation is 1. The molecule has 3 rings (SSSR count). The number of rotatable bonds is 7. The molecule has 1 amide bonds. The van der Waals surface area contributed by atoms with Gasteiger partial charge in [0.25, 0.3) is 0 Å². The number of hydrogen-bond acceptors (Lipinski definition) is 4. The highest BCUT2D eigenvalue weighted by Gasteiger charge is 2.07. The molecule has 1 aromatic heterocycles. The van der Waals surface area contributed by atoms with Crippen LogP contribution in [0.3, 0.4) is 0 Å². The molecule has 0 aliphatic carbocycles. The van der Waals surface area contributed by atoms with Crippen LogP contribution in [-0.2, 0) is 11.3 Å². The molecular weight excluding hydrogens is 304 g/mol. The Balaban J connectivity index is 1.68. The van der Waals surface area contributed by atoms with E-state index in [0.717, 1.165) is 16.7 Å². The predicted octanol–water partition coefficient (Wildman–Crippen LogP) is 2.21. The minimum Gasteiger partial charge on any atom is -0.378 e. The van der Waals surface area contributed by atoms with Crippen molar-refractivity contribution in [1.82, 2.24) is 9.55 Å². The average molecular weight is 322 g/mol. The van der Waals surface area contributed by atoms with E-state index in [1.807, 2.05) is 41.0 Å². The van der Waals surface area contributed by atoms with Gasteiger partial charge in [0, 0.05) is 24.2 Å². The summed E-state index contributed by atoms with van der Waals surface area (Å²) in [4.78, 5) is 27.3. The number of fused-ring (bicyclic) bond motifs is 1. The highest BCUT2D eigenvalue weighted by atomic mass is 16.1. The van der Waals surface area contributed by atoms with Crippen molar-refractivity contribution in [3.05, 3.63) is 60.4 Å². The van der Waals surface area contributed by atoms with E-state index in [9.17, 15) is 9.59 Å². The Morgan fingerprint density at radius 1 is 1.12 bits per heavy atom. The van der Waals surface area contributed by atoms with Crippen molar-refractivity contribution < 1.29 is 9.59 Å². The number of Topliss-reactive ketones (excluding diaryl/α,β-unsaturated/α-hetero) is 1. The number of nitrogens with zero attached hydrogens (tertiary/aromatic N) is 2. The van der Waals surface area contributed by atoms with E-state index < -0.39 is 0 Å². The second-order valence-corrected chi connectivity index (χ2v) is 5.50. The Labute approximate surface area is 139 Å². The van der Waals surface area contributed by atoms with E-state index in [-0.39, 0.29) is 24.7 Å². The van der Waals surface area contributed by atoms with Crippen LogP contribution in [0.5, 0.6) is 0 Å². The molecule has 0 unspecified atom stereocenters. The fraction of sp³-hybridized carbons (Fsp3) is 0.167. The average Bonchev–Trinajstić information content (AvgIpc) is 3.01. The second kappa shape index (κ2) is 6.95. The van der Waals surface area contributed by atoms with Gasteiger partial charge in [0.15, 0.2) is 5.78 Å². The first kappa shape index (κ1) is 15.7. The zero-order valence-electron chi connectivity index (χ0n) is 13.1. The van der Waals surface area contributed by atoms with Crippen LogP contribution in [-0.4, -0.2) is 27.8 Å². The normalized spacial score (nSPS) is 10.7. The van der Waals surface area contributed by atoms with Gasteiger partial charge < -0.3 is 15.6 Å². The van der Waals surface area contributed by atoms with Gasteiger partial charge in [-0.2, -0.15) is 0 Å². The Morgan fingerprint density at radius 3 is 2.67 bits per heavy atom. The highest BCUT2D eigenvalue weighted by molar-refractivity contribution is 5.99. The van der Waals surface area contributed by atoms with Gasteiger partial charge in [-0.3, -0.25) is 9.59 Å². The third-order valence-corrected chi connectivity index (χ3v) is 3.77. The maximum absolute atomic E-state index is 12.1. The monoisotopic (exact) mass is 322 g/mol. The maximum atomic E-state index is 12.1. The van der Waals surface area contributed by atoms with Crippen LogP contribution in [0.15, 0.2) is 54.9 Å². The standard InChI is InChI=1S/C18H18N4O2/c19-18(24)8-9-22-12-21-15-10-14(6-7-16(15)22)20-11-17(23)13-4-2-1-3-5-13/h1-7,10,12,20H,8-9,11H2,(H2,19,24). The van der Waals surface area contributed by atoms with Gasteiger partial charge >= 0.3 is 0 Å². The lowest BCUT2D eigenvalue weighted by molar-refractivity contribution is -0.118. The first-order chi connectivity index (χ1) is 11.6. The van der Waals surface area contributed by atoms with Crippen molar-refractivity contribution in [2.75, 3.05) is 11.9 Å². The van der Waals surface area contributed by atoms with Gasteiger partial charge in [-0.15, -0.1) is 0 Å². The summed E-state index contributed by atoms with van der Waals surface area (Å²) in [6.45, 7) is 0.725. The molecule has 0 radical (unpaired) electrons. The lowest BCUT2D eigenvalue weighted by atomic mass is 10.1. The lowest BCUT2D eigenvalue weighted by Gasteiger charge is -2.07. The fourth-order valence-electron chi connectivity index (χ4n) is 2.49. The van der Waals surface area contributed by atoms with E-state index in [4.69, 9.17) is 5.73 Å². The first-order valence-electron chi connectivity index (χ1n) is 7.69. The molecule has 0 atom stereocenters. The lowest BCUT2D eigenvalue weighted by Crippen LogP contribution is -2.14. The molecule has 0 spiro atoms. The van der Waals surface area contributed by atoms with Crippen LogP contribution in [0, 0.1) is 0 Å². The smallest absolute Gasteiger partial charge is 0.219 e. The molecule has 0 fully saturated rings. The van der Waals surface area contributed by atoms with Crippen LogP contribution in [0.4, 0.5) is 5.69 Å². The molecule has 3 N–H and O–H groups in total. The second-order valence-electron chi connectivity index (χ2n) is 5.50. The number of aromatic nitrogens is 2. The number of amides is 1. The molecule has 0 aliphatic rings. The largest absolute Gasteiger partial charge is 0.378 e. The fourth-order valence-corrected chi connectivity index (χ4v) is 2.49. The number of imidazole rings is 1. The molecule has 0 saturated heterocycles. The van der Waals surface area contributed by atoms with Gasteiger partial charge in [0.1, 0.15) is 0 Å². The molecule has 122 valence electrons. The number of carbonyl (C=O) groups is 2. The number of benzene rings is 2. The number of anilines is 1. The topological polar surface area (TPSA) is 90.0 Å². The highest BCUT2D eigenvalue weighted by Crippen LogP contribution is 2.18. The van der Waals surface area contributed by atoms with Gasteiger partial charge in [-0.1, -0.05) is 30.3 Å². The molecule has 0 saturated carbocycles. The number of nitrogens with two attached hydrogens (primary N) is 1. The summed E-state index contributed by atoms with van der Waals surface area (Å²) < 4.78 is 1.89. The number of nitrogens with one attached hydrogen (secondary N) is 1. The molecule has 3 aromatic rings. The molecule has 0 bridgehead atoms. The minimum absolute atomic E-state index is 0.0303. The van der Waals surface area contributed by atoms with E-state index in [2.05, 4.69) is 10.3 Å². The van der Waals surface area contributed by atoms with Crippen LogP contribution in [0.2, 0.25) is 0 Å². The summed E-state index contributed by atoms with van der Waals surface area (Å²) in [7, 11) is 0. The molecular formula is C18H18N4O2. The van der Waals surface area contributed by atoms with E-state index >= 15 is 0 Å². The van der Waals surface area contributed by atoms with Crippen molar-refractivity contribution in [2.45, 2.75) is 13.0 Å². The summed E-state index contributed by atoms with van der Waals surface area (Å²) in [6, 6.07) is 14.9. The van der Waals surface area contributed by atoms with E-state index in [1.165, 1.54) is 0 Å². The van der Waals surface area contributed by atoms with Crippen LogP contribution in [0.1, 0.15) is 16.8 Å². The summed E-state index contributed by atoms with van der Waals surface area (Å²) in [5.41, 5.74) is 8.42. The van der Waals surface area contributed by atoms with Crippen LogP contribution >= 0.6 is 0 Å². The summed E-state index contributed by atoms with van der Waals surface area (Å²) in [5, 5.41) is 3.12. The summed E-state index contributed by atoms with van der Waals surface area (Å²) in [5.74, 6) is -0.308. The Morgan fingerprint density at radius 2 is 1.92 bits per heavy atom. The van der Waals surface area contributed by atoms with Crippen molar-refractivity contribution >= 4 is 28.4 Å². The van der Waals surface area contributed by atoms with Gasteiger partial charge in [-0.25, -0.2) is 4.98 Å². The summed E-state index contributed by atoms with van der Waals surface area (Å²) >= 11 is 0. The number of hydrogen-bond donors (Lipinski definition) is 2. The maximum Gasteiger partial charge on any atom is 0.219 e. The molecule has 6 heteroatoms.